The fourth-order valence-corrected chi connectivity index (χ4v) is 4.93. The number of nitrogens with zero attached hydrogens (tertiary/aromatic N) is 4. The molecule has 0 saturated carbocycles. The summed E-state index contributed by atoms with van der Waals surface area (Å²) in [6, 6.07) is 9.86. The molecule has 8 nitrogen and oxygen atoms in total. The molecule has 2 aliphatic rings. The Bertz CT molecular complexity index is 841. The molecule has 0 aliphatic carbocycles. The second-order valence-electron chi connectivity index (χ2n) is 6.68. The number of morpholine rings is 1. The normalized spacial score (nSPS) is 20.7. The van der Waals surface area contributed by atoms with Crippen molar-refractivity contribution in [1.82, 2.24) is 18.5 Å². The first-order valence-electron chi connectivity index (χ1n) is 9.18. The molecule has 2 saturated heterocycles. The summed E-state index contributed by atoms with van der Waals surface area (Å²) in [5.74, 6) is 1.40. The third-order valence-corrected chi connectivity index (χ3v) is 6.96. The molecule has 0 atom stereocenters. The first-order valence-corrected chi connectivity index (χ1v) is 10.6. The van der Waals surface area contributed by atoms with Crippen LogP contribution in [0.5, 0.6) is 0 Å². The maximum Gasteiger partial charge on any atom is 0.282 e. The van der Waals surface area contributed by atoms with Crippen molar-refractivity contribution in [3.8, 4) is 11.3 Å². The van der Waals surface area contributed by atoms with Crippen molar-refractivity contribution in [2.24, 2.45) is 0 Å². The molecule has 1 aromatic carbocycles. The Balaban J connectivity index is 1.33. The van der Waals surface area contributed by atoms with Gasteiger partial charge in [0.05, 0.1) is 26.0 Å². The summed E-state index contributed by atoms with van der Waals surface area (Å²) >= 11 is 0. The number of piperazine rings is 1. The van der Waals surface area contributed by atoms with Crippen LogP contribution in [0.1, 0.15) is 5.89 Å². The Labute approximate surface area is 159 Å². The van der Waals surface area contributed by atoms with Crippen molar-refractivity contribution in [2.45, 2.75) is 6.54 Å². The Morgan fingerprint density at radius 1 is 0.926 bits per heavy atom. The number of benzene rings is 1. The third-order valence-electron chi connectivity index (χ3n) is 4.92. The van der Waals surface area contributed by atoms with Crippen LogP contribution in [-0.4, -0.2) is 79.4 Å². The van der Waals surface area contributed by atoms with E-state index in [1.165, 1.54) is 4.31 Å². The van der Waals surface area contributed by atoms with Crippen molar-refractivity contribution in [3.63, 3.8) is 0 Å². The third kappa shape index (κ3) is 4.22. The van der Waals surface area contributed by atoms with Crippen LogP contribution in [0.15, 0.2) is 40.9 Å². The van der Waals surface area contributed by atoms with Gasteiger partial charge in [-0.3, -0.25) is 4.90 Å². The quantitative estimate of drug-likeness (QED) is 0.756. The highest BCUT2D eigenvalue weighted by Gasteiger charge is 2.33. The maximum atomic E-state index is 12.7. The molecular formula is C18H24N4O4S. The fourth-order valence-electron chi connectivity index (χ4n) is 3.37. The van der Waals surface area contributed by atoms with Gasteiger partial charge in [-0.05, 0) is 0 Å². The van der Waals surface area contributed by atoms with E-state index in [1.54, 1.807) is 10.5 Å². The predicted molar refractivity (Wildman–Crippen MR) is 100 cm³/mol. The van der Waals surface area contributed by atoms with Gasteiger partial charge in [0.15, 0.2) is 5.76 Å². The standard InChI is InChI=1S/C18H24N4O4S/c23-27(24,22-10-12-25-13-11-22)21-8-6-20(7-9-21)15-18-19-14-17(26-18)16-4-2-1-3-5-16/h1-5,14H,6-13,15H2. The fraction of sp³-hybridized carbons (Fsp3) is 0.500. The minimum atomic E-state index is -3.39. The summed E-state index contributed by atoms with van der Waals surface area (Å²) in [7, 11) is -3.39. The average molecular weight is 392 g/mol. The Kier molecular flexibility index (Phi) is 5.55. The van der Waals surface area contributed by atoms with Gasteiger partial charge < -0.3 is 9.15 Å². The zero-order valence-electron chi connectivity index (χ0n) is 15.2. The van der Waals surface area contributed by atoms with Gasteiger partial charge in [-0.15, -0.1) is 0 Å². The molecular weight excluding hydrogens is 368 g/mol. The van der Waals surface area contributed by atoms with Crippen molar-refractivity contribution in [2.75, 3.05) is 52.5 Å². The molecule has 2 fully saturated rings. The molecule has 0 unspecified atom stereocenters. The van der Waals surface area contributed by atoms with Crippen LogP contribution in [0.4, 0.5) is 0 Å². The molecule has 3 heterocycles. The highest BCUT2D eigenvalue weighted by molar-refractivity contribution is 7.86. The van der Waals surface area contributed by atoms with E-state index >= 15 is 0 Å². The van der Waals surface area contributed by atoms with Crippen LogP contribution < -0.4 is 0 Å². The molecule has 0 spiro atoms. The lowest BCUT2D eigenvalue weighted by Crippen LogP contribution is -2.54. The van der Waals surface area contributed by atoms with E-state index in [1.807, 2.05) is 30.3 Å². The molecule has 9 heteroatoms. The number of ether oxygens (including phenoxy) is 1. The Hall–Kier alpha value is -1.78. The highest BCUT2D eigenvalue weighted by Crippen LogP contribution is 2.21. The van der Waals surface area contributed by atoms with Gasteiger partial charge in [-0.2, -0.15) is 17.0 Å². The Morgan fingerprint density at radius 2 is 1.59 bits per heavy atom. The lowest BCUT2D eigenvalue weighted by molar-refractivity contribution is 0.0682. The Morgan fingerprint density at radius 3 is 2.30 bits per heavy atom. The SMILES string of the molecule is O=S(=O)(N1CCOCC1)N1CCN(Cc2ncc(-c3ccccc3)o2)CC1. The zero-order valence-corrected chi connectivity index (χ0v) is 16.0. The summed E-state index contributed by atoms with van der Waals surface area (Å²) in [5.41, 5.74) is 0.998. The van der Waals surface area contributed by atoms with Crippen LogP contribution in [0, 0.1) is 0 Å². The molecule has 2 aliphatic heterocycles. The lowest BCUT2D eigenvalue weighted by atomic mass is 10.2. The molecule has 27 heavy (non-hydrogen) atoms. The van der Waals surface area contributed by atoms with Crippen molar-refractivity contribution < 1.29 is 17.6 Å². The molecule has 146 valence electrons. The van der Waals surface area contributed by atoms with E-state index in [0.29, 0.717) is 64.9 Å². The lowest BCUT2D eigenvalue weighted by Gasteiger charge is -2.37. The van der Waals surface area contributed by atoms with E-state index < -0.39 is 10.2 Å². The van der Waals surface area contributed by atoms with Crippen LogP contribution in [0.25, 0.3) is 11.3 Å². The molecule has 0 N–H and O–H groups in total. The molecule has 1 aromatic heterocycles. The topological polar surface area (TPSA) is 79.1 Å². The second kappa shape index (κ2) is 8.07. The summed E-state index contributed by atoms with van der Waals surface area (Å²) in [6.07, 6.45) is 1.74. The van der Waals surface area contributed by atoms with Gasteiger partial charge >= 0.3 is 0 Å². The van der Waals surface area contributed by atoms with E-state index in [9.17, 15) is 8.42 Å². The molecule has 4 rings (SSSR count). The molecule has 0 bridgehead atoms. The van der Waals surface area contributed by atoms with Crippen LogP contribution in [-0.2, 0) is 21.5 Å². The van der Waals surface area contributed by atoms with Gasteiger partial charge in [-0.1, -0.05) is 30.3 Å². The highest BCUT2D eigenvalue weighted by atomic mass is 32.2. The van der Waals surface area contributed by atoms with Gasteiger partial charge in [0.25, 0.3) is 10.2 Å². The van der Waals surface area contributed by atoms with E-state index in [2.05, 4.69) is 9.88 Å². The number of aromatic nitrogens is 1. The number of hydrogen-bond acceptors (Lipinski definition) is 6. The summed E-state index contributed by atoms with van der Waals surface area (Å²) in [6.45, 7) is 4.65. The van der Waals surface area contributed by atoms with Crippen LogP contribution in [0.2, 0.25) is 0 Å². The van der Waals surface area contributed by atoms with Gasteiger partial charge in [0, 0.05) is 44.8 Å². The average Bonchev–Trinajstić information content (AvgIpc) is 3.18. The van der Waals surface area contributed by atoms with Crippen molar-refractivity contribution in [1.29, 1.82) is 0 Å². The minimum Gasteiger partial charge on any atom is -0.439 e. The number of hydrogen-bond donors (Lipinski definition) is 0. The zero-order chi connectivity index (χ0) is 18.7. The number of rotatable bonds is 5. The maximum absolute atomic E-state index is 12.7. The van der Waals surface area contributed by atoms with Crippen LogP contribution in [0.3, 0.4) is 0 Å². The first kappa shape index (κ1) is 18.6. The second-order valence-corrected chi connectivity index (χ2v) is 8.61. The van der Waals surface area contributed by atoms with Gasteiger partial charge in [0.1, 0.15) is 0 Å². The largest absolute Gasteiger partial charge is 0.439 e. The number of oxazole rings is 1. The van der Waals surface area contributed by atoms with E-state index in [4.69, 9.17) is 9.15 Å². The first-order chi connectivity index (χ1) is 13.1. The summed E-state index contributed by atoms with van der Waals surface area (Å²) < 4.78 is 39.6. The molecule has 2 aromatic rings. The summed E-state index contributed by atoms with van der Waals surface area (Å²) in [4.78, 5) is 6.54. The van der Waals surface area contributed by atoms with Crippen molar-refractivity contribution >= 4 is 10.2 Å². The van der Waals surface area contributed by atoms with E-state index in [-0.39, 0.29) is 0 Å². The van der Waals surface area contributed by atoms with E-state index in [0.717, 1.165) is 11.3 Å². The molecule has 0 amide bonds. The van der Waals surface area contributed by atoms with Crippen molar-refractivity contribution in [3.05, 3.63) is 42.4 Å². The predicted octanol–water partition coefficient (Wildman–Crippen LogP) is 1.04. The smallest absolute Gasteiger partial charge is 0.282 e. The molecule has 0 radical (unpaired) electrons. The minimum absolute atomic E-state index is 0.432. The monoisotopic (exact) mass is 392 g/mol. The van der Waals surface area contributed by atoms with Gasteiger partial charge in [-0.25, -0.2) is 4.98 Å². The van der Waals surface area contributed by atoms with Crippen LogP contribution >= 0.6 is 0 Å². The van der Waals surface area contributed by atoms with Gasteiger partial charge in [0.2, 0.25) is 5.89 Å². The summed E-state index contributed by atoms with van der Waals surface area (Å²) in [5, 5.41) is 0.